The molecule has 2 aromatic carbocycles. The van der Waals surface area contributed by atoms with Gasteiger partial charge >= 0.3 is 22.0 Å². The zero-order valence-corrected chi connectivity index (χ0v) is 16.0. The topological polar surface area (TPSA) is 95.3 Å². The van der Waals surface area contributed by atoms with Crippen molar-refractivity contribution < 1.29 is 22.1 Å². The minimum atomic E-state index is -4.20. The van der Waals surface area contributed by atoms with Gasteiger partial charge in [-0.05, 0) is 44.0 Å². The van der Waals surface area contributed by atoms with Crippen LogP contribution in [0.2, 0.25) is 0 Å². The molecular weight excluding hydrogens is 366 g/mol. The highest BCUT2D eigenvalue weighted by molar-refractivity contribution is 7.87. The summed E-state index contributed by atoms with van der Waals surface area (Å²) in [4.78, 5) is 12.8. The molecule has 0 atom stereocenters. The molecule has 0 spiro atoms. The number of aromatic nitrogens is 2. The summed E-state index contributed by atoms with van der Waals surface area (Å²) < 4.78 is 33.1. The van der Waals surface area contributed by atoms with Crippen LogP contribution in [-0.4, -0.2) is 18.9 Å². The first-order chi connectivity index (χ1) is 12.7. The highest BCUT2D eigenvalue weighted by atomic mass is 32.2. The van der Waals surface area contributed by atoms with Crippen molar-refractivity contribution in [3.63, 3.8) is 0 Å². The Hall–Kier alpha value is -3.13. The third-order valence-electron chi connectivity index (χ3n) is 4.08. The van der Waals surface area contributed by atoms with Crippen LogP contribution in [0.4, 0.5) is 0 Å². The number of nitrogen functional groups attached to an aromatic ring is 1. The average Bonchev–Trinajstić information content (AvgIpc) is 2.94. The lowest BCUT2D eigenvalue weighted by molar-refractivity contribution is -0.641. The van der Waals surface area contributed by atoms with Gasteiger partial charge in [-0.2, -0.15) is 8.42 Å². The second-order valence-corrected chi connectivity index (χ2v) is 7.78. The Morgan fingerprint density at radius 3 is 2.26 bits per heavy atom. The van der Waals surface area contributed by atoms with Gasteiger partial charge in [0.05, 0.1) is 5.56 Å². The Bertz CT molecular complexity index is 1100. The van der Waals surface area contributed by atoms with Gasteiger partial charge in [0.2, 0.25) is 0 Å². The molecule has 0 aliphatic carbocycles. The van der Waals surface area contributed by atoms with Crippen LogP contribution in [0.15, 0.2) is 59.8 Å². The molecule has 0 fully saturated rings. The fraction of sp³-hybridized carbons (Fsp3) is 0.158. The van der Waals surface area contributed by atoms with E-state index in [2.05, 4.69) is 0 Å². The SMILES string of the molecule is Cc1cc(C)c(S(=O)(=O)Oc2n(C(=O)c3ccccc3)cc[n+]2N)c(C)c1. The number of carbonyl (C=O) groups excluding carboxylic acids is 1. The molecule has 8 heteroatoms. The minimum absolute atomic E-state index is 0.0630. The number of benzene rings is 2. The van der Waals surface area contributed by atoms with Crippen molar-refractivity contribution in [3.8, 4) is 6.01 Å². The maximum absolute atomic E-state index is 12.9. The van der Waals surface area contributed by atoms with Crippen molar-refractivity contribution in [2.24, 2.45) is 0 Å². The predicted molar refractivity (Wildman–Crippen MR) is 99.4 cm³/mol. The molecule has 7 nitrogen and oxygen atoms in total. The normalized spacial score (nSPS) is 11.4. The Kier molecular flexibility index (Phi) is 4.75. The zero-order valence-electron chi connectivity index (χ0n) is 15.2. The molecule has 1 aromatic heterocycles. The van der Waals surface area contributed by atoms with Crippen LogP contribution in [-0.2, 0) is 10.1 Å². The van der Waals surface area contributed by atoms with Gasteiger partial charge < -0.3 is 4.18 Å². The van der Waals surface area contributed by atoms with Crippen LogP contribution in [0.1, 0.15) is 27.0 Å². The van der Waals surface area contributed by atoms with Gasteiger partial charge in [-0.1, -0.05) is 40.6 Å². The van der Waals surface area contributed by atoms with Crippen molar-refractivity contribution in [1.82, 2.24) is 4.57 Å². The zero-order chi connectivity index (χ0) is 19.8. The Morgan fingerprint density at radius 2 is 1.67 bits per heavy atom. The number of aryl methyl sites for hydroxylation is 3. The lowest BCUT2D eigenvalue weighted by Gasteiger charge is -2.11. The summed E-state index contributed by atoms with van der Waals surface area (Å²) in [6.07, 6.45) is 2.70. The average molecular weight is 386 g/mol. The molecule has 3 rings (SSSR count). The number of imidazole rings is 1. The summed E-state index contributed by atoms with van der Waals surface area (Å²) in [6, 6.07) is 11.7. The minimum Gasteiger partial charge on any atom is -0.303 e. The Labute approximate surface area is 157 Å². The van der Waals surface area contributed by atoms with Crippen LogP contribution >= 0.6 is 0 Å². The third-order valence-corrected chi connectivity index (χ3v) is 5.59. The van der Waals surface area contributed by atoms with E-state index in [-0.39, 0.29) is 10.9 Å². The fourth-order valence-electron chi connectivity index (χ4n) is 3.05. The highest BCUT2D eigenvalue weighted by Crippen LogP contribution is 2.24. The first kappa shape index (κ1) is 18.7. The van der Waals surface area contributed by atoms with Crippen molar-refractivity contribution >= 4 is 16.0 Å². The van der Waals surface area contributed by atoms with E-state index in [9.17, 15) is 13.2 Å². The molecule has 0 radical (unpaired) electrons. The predicted octanol–water partition coefficient (Wildman–Crippen LogP) is 1.87. The summed E-state index contributed by atoms with van der Waals surface area (Å²) in [6.45, 7) is 5.27. The third kappa shape index (κ3) is 3.56. The van der Waals surface area contributed by atoms with Crippen molar-refractivity contribution in [2.45, 2.75) is 25.7 Å². The molecule has 0 amide bonds. The number of carbonyl (C=O) groups is 1. The monoisotopic (exact) mass is 386 g/mol. The molecule has 0 saturated heterocycles. The number of rotatable bonds is 4. The largest absolute Gasteiger partial charge is 0.504 e. The van der Waals surface area contributed by atoms with E-state index in [0.717, 1.165) is 14.8 Å². The smallest absolute Gasteiger partial charge is 0.303 e. The lowest BCUT2D eigenvalue weighted by atomic mass is 10.1. The van der Waals surface area contributed by atoms with Crippen molar-refractivity contribution in [1.29, 1.82) is 0 Å². The van der Waals surface area contributed by atoms with Crippen LogP contribution in [0.25, 0.3) is 0 Å². The summed E-state index contributed by atoms with van der Waals surface area (Å²) in [5.41, 5.74) is 2.44. The second kappa shape index (κ2) is 6.88. The summed E-state index contributed by atoms with van der Waals surface area (Å²) >= 11 is 0. The molecule has 0 bridgehead atoms. The Balaban J connectivity index is 2.04. The van der Waals surface area contributed by atoms with Gasteiger partial charge in [-0.25, -0.2) is 4.79 Å². The van der Waals surface area contributed by atoms with Crippen molar-refractivity contribution in [3.05, 3.63) is 77.1 Å². The second-order valence-electron chi connectivity index (χ2n) is 6.29. The molecule has 0 aliphatic rings. The summed E-state index contributed by atoms with van der Waals surface area (Å²) in [5.74, 6) is 5.34. The van der Waals surface area contributed by atoms with Crippen LogP contribution in [0.5, 0.6) is 6.01 Å². The van der Waals surface area contributed by atoms with E-state index in [1.54, 1.807) is 56.3 Å². The quantitative estimate of drug-likeness (QED) is 0.420. The van der Waals surface area contributed by atoms with E-state index >= 15 is 0 Å². The van der Waals surface area contributed by atoms with Crippen molar-refractivity contribution in [2.75, 3.05) is 5.84 Å². The number of nitrogens with zero attached hydrogens (tertiary/aromatic N) is 2. The van der Waals surface area contributed by atoms with E-state index in [4.69, 9.17) is 10.0 Å². The van der Waals surface area contributed by atoms with Crippen LogP contribution < -0.4 is 14.7 Å². The number of hydrogen-bond acceptors (Lipinski definition) is 5. The van der Waals surface area contributed by atoms with Gasteiger partial charge in [-0.15, -0.1) is 4.57 Å². The van der Waals surface area contributed by atoms with E-state index in [1.165, 1.54) is 12.4 Å². The summed E-state index contributed by atoms with van der Waals surface area (Å²) in [7, 11) is -4.20. The van der Waals surface area contributed by atoms with Gasteiger partial charge in [0.1, 0.15) is 11.1 Å². The lowest BCUT2D eigenvalue weighted by Crippen LogP contribution is -2.45. The van der Waals surface area contributed by atoms with Gasteiger partial charge in [0.15, 0.2) is 6.20 Å². The molecular formula is C19H20N3O4S+. The van der Waals surface area contributed by atoms with E-state index < -0.39 is 16.0 Å². The molecule has 3 aromatic rings. The molecule has 1 heterocycles. The first-order valence-electron chi connectivity index (χ1n) is 8.21. The number of hydrogen-bond donors (Lipinski definition) is 1. The molecule has 0 saturated carbocycles. The van der Waals surface area contributed by atoms with Crippen LogP contribution in [0, 0.1) is 20.8 Å². The van der Waals surface area contributed by atoms with E-state index in [0.29, 0.717) is 16.7 Å². The molecule has 140 valence electrons. The molecule has 0 unspecified atom stereocenters. The fourth-order valence-corrected chi connectivity index (χ4v) is 4.40. The van der Waals surface area contributed by atoms with Gasteiger partial charge in [0.25, 0.3) is 0 Å². The Morgan fingerprint density at radius 1 is 1.07 bits per heavy atom. The first-order valence-corrected chi connectivity index (χ1v) is 9.61. The van der Waals surface area contributed by atoms with Gasteiger partial charge in [-0.3, -0.25) is 5.84 Å². The van der Waals surface area contributed by atoms with E-state index in [1.807, 2.05) is 6.92 Å². The molecule has 0 aliphatic heterocycles. The molecule has 27 heavy (non-hydrogen) atoms. The summed E-state index contributed by atoms with van der Waals surface area (Å²) in [5, 5.41) is 0. The molecule has 2 N–H and O–H groups in total. The highest BCUT2D eigenvalue weighted by Gasteiger charge is 2.32. The maximum atomic E-state index is 12.9. The standard InChI is InChI=1S/C19H20N3O4S/c1-13-11-14(2)17(15(3)12-13)27(24,25)26-19-21(9-10-22(19)20)18(23)16-7-5-4-6-8-16/h4-12H,20H2,1-3H3/q+1. The van der Waals surface area contributed by atoms with Crippen LogP contribution in [0.3, 0.4) is 0 Å². The maximum Gasteiger partial charge on any atom is 0.504 e. The van der Waals surface area contributed by atoms with Gasteiger partial charge in [0, 0.05) is 0 Å². The number of nitrogens with two attached hydrogens (primary N) is 1.